The highest BCUT2D eigenvalue weighted by atomic mass is 32.1. The lowest BCUT2D eigenvalue weighted by atomic mass is 10.1. The normalized spacial score (nSPS) is 11.0. The summed E-state index contributed by atoms with van der Waals surface area (Å²) in [6.07, 6.45) is 0.695. The van der Waals surface area contributed by atoms with E-state index in [1.54, 1.807) is 18.2 Å². The molecule has 6 nitrogen and oxygen atoms in total. The van der Waals surface area contributed by atoms with Crippen molar-refractivity contribution >= 4 is 33.1 Å². The number of aryl methyl sites for hydroxylation is 1. The van der Waals surface area contributed by atoms with Crippen LogP contribution in [-0.2, 0) is 11.2 Å². The van der Waals surface area contributed by atoms with Crippen molar-refractivity contribution in [3.05, 3.63) is 69.8 Å². The summed E-state index contributed by atoms with van der Waals surface area (Å²) in [5.74, 6) is 0.466. The largest absolute Gasteiger partial charge is 0.508 e. The fourth-order valence-electron chi connectivity index (χ4n) is 3.24. The molecule has 0 bridgehead atoms. The topological polar surface area (TPSA) is 84.2 Å². The Kier molecular flexibility index (Phi) is 4.90. The second-order valence-corrected chi connectivity index (χ2v) is 7.55. The highest BCUT2D eigenvalue weighted by Gasteiger charge is 2.16. The number of aromatic hydroxyl groups is 1. The van der Waals surface area contributed by atoms with Crippen LogP contribution in [0.1, 0.15) is 19.4 Å². The summed E-state index contributed by atoms with van der Waals surface area (Å²) < 4.78 is 2.08. The molecule has 0 spiro atoms. The van der Waals surface area contributed by atoms with Crippen molar-refractivity contribution in [3.8, 4) is 22.8 Å². The first-order chi connectivity index (χ1) is 14.0. The third-order valence-electron chi connectivity index (χ3n) is 4.65. The van der Waals surface area contributed by atoms with Crippen LogP contribution < -0.4 is 10.9 Å². The summed E-state index contributed by atoms with van der Waals surface area (Å²) in [5.41, 5.74) is 3.20. The average molecular weight is 405 g/mol. The maximum atomic E-state index is 13.3. The zero-order valence-corrected chi connectivity index (χ0v) is 16.8. The van der Waals surface area contributed by atoms with Crippen LogP contribution in [0.4, 0.5) is 5.69 Å². The van der Waals surface area contributed by atoms with Crippen molar-refractivity contribution in [3.63, 3.8) is 0 Å². The average Bonchev–Trinajstić information content (AvgIpc) is 3.17. The van der Waals surface area contributed by atoms with Crippen LogP contribution in [0.2, 0.25) is 0 Å². The maximum absolute atomic E-state index is 13.3. The second kappa shape index (κ2) is 7.52. The van der Waals surface area contributed by atoms with Gasteiger partial charge in [0, 0.05) is 24.2 Å². The van der Waals surface area contributed by atoms with Crippen LogP contribution in [0.25, 0.3) is 27.3 Å². The van der Waals surface area contributed by atoms with Crippen LogP contribution in [0, 0.1) is 0 Å². The second-order valence-electron chi connectivity index (χ2n) is 6.64. The van der Waals surface area contributed by atoms with Gasteiger partial charge in [0.05, 0.1) is 11.2 Å². The van der Waals surface area contributed by atoms with Crippen LogP contribution in [-0.4, -0.2) is 20.6 Å². The summed E-state index contributed by atoms with van der Waals surface area (Å²) in [7, 11) is 0. The van der Waals surface area contributed by atoms with E-state index in [0.717, 1.165) is 11.1 Å². The van der Waals surface area contributed by atoms with E-state index >= 15 is 0 Å². The number of amides is 1. The molecular weight excluding hydrogens is 386 g/mol. The number of nitrogens with zero attached hydrogens (tertiary/aromatic N) is 2. The molecule has 2 aromatic carbocycles. The minimum Gasteiger partial charge on any atom is -0.508 e. The fourth-order valence-corrected chi connectivity index (χ4v) is 4.00. The molecule has 0 aliphatic carbocycles. The number of thiophene rings is 1. The summed E-state index contributed by atoms with van der Waals surface area (Å²) in [5, 5.41) is 14.9. The number of carbonyl (C=O) groups is 1. The molecule has 4 aromatic rings. The first-order valence-electron chi connectivity index (χ1n) is 9.18. The predicted molar refractivity (Wildman–Crippen MR) is 116 cm³/mol. The molecule has 0 atom stereocenters. The third-order valence-corrected chi connectivity index (χ3v) is 5.54. The SMILES string of the molecule is CCc1ccc(-n2c(-c3ccc(NC(C)=O)cc3)nc3ccsc3c2=O)cc1O. The number of hydrogen-bond acceptors (Lipinski definition) is 5. The van der Waals surface area contributed by atoms with Gasteiger partial charge in [0.2, 0.25) is 5.91 Å². The van der Waals surface area contributed by atoms with Gasteiger partial charge in [-0.2, -0.15) is 0 Å². The molecule has 0 unspecified atom stereocenters. The minimum absolute atomic E-state index is 0.148. The smallest absolute Gasteiger partial charge is 0.276 e. The van der Waals surface area contributed by atoms with E-state index in [1.807, 2.05) is 42.6 Å². The van der Waals surface area contributed by atoms with E-state index in [9.17, 15) is 14.7 Å². The molecule has 2 aromatic heterocycles. The van der Waals surface area contributed by atoms with Gasteiger partial charge in [-0.25, -0.2) is 4.98 Å². The zero-order valence-electron chi connectivity index (χ0n) is 16.0. The first-order valence-corrected chi connectivity index (χ1v) is 10.1. The number of phenols is 1. The molecule has 29 heavy (non-hydrogen) atoms. The van der Waals surface area contributed by atoms with Crippen molar-refractivity contribution in [2.45, 2.75) is 20.3 Å². The Bertz CT molecular complexity index is 1270. The molecule has 2 N–H and O–H groups in total. The monoisotopic (exact) mass is 405 g/mol. The minimum atomic E-state index is -0.186. The van der Waals surface area contributed by atoms with Gasteiger partial charge in [-0.3, -0.25) is 14.2 Å². The van der Waals surface area contributed by atoms with E-state index < -0.39 is 0 Å². The molecule has 0 radical (unpaired) electrons. The molecule has 0 aliphatic heterocycles. The molecule has 1 amide bonds. The van der Waals surface area contributed by atoms with Crippen molar-refractivity contribution in [1.29, 1.82) is 0 Å². The van der Waals surface area contributed by atoms with Gasteiger partial charge in [0.1, 0.15) is 16.3 Å². The van der Waals surface area contributed by atoms with Gasteiger partial charge < -0.3 is 10.4 Å². The van der Waals surface area contributed by atoms with Crippen LogP contribution in [0.15, 0.2) is 58.7 Å². The molecule has 146 valence electrons. The highest BCUT2D eigenvalue weighted by Crippen LogP contribution is 2.28. The number of carbonyl (C=O) groups excluding carboxylic acids is 1. The van der Waals surface area contributed by atoms with Gasteiger partial charge in [0.15, 0.2) is 0 Å². The van der Waals surface area contributed by atoms with E-state index in [1.165, 1.54) is 22.8 Å². The van der Waals surface area contributed by atoms with E-state index in [2.05, 4.69) is 5.32 Å². The van der Waals surface area contributed by atoms with Crippen LogP contribution in [0.5, 0.6) is 5.75 Å². The van der Waals surface area contributed by atoms with Crippen LogP contribution in [0.3, 0.4) is 0 Å². The third kappa shape index (κ3) is 3.52. The van der Waals surface area contributed by atoms with E-state index in [0.29, 0.717) is 33.8 Å². The van der Waals surface area contributed by atoms with Gasteiger partial charge in [-0.15, -0.1) is 11.3 Å². The Hall–Kier alpha value is -3.45. The number of hydrogen-bond donors (Lipinski definition) is 2. The van der Waals surface area contributed by atoms with Crippen molar-refractivity contribution in [1.82, 2.24) is 9.55 Å². The lowest BCUT2D eigenvalue weighted by Gasteiger charge is -2.14. The summed E-state index contributed by atoms with van der Waals surface area (Å²) in [6.45, 7) is 3.41. The zero-order chi connectivity index (χ0) is 20.5. The van der Waals surface area contributed by atoms with E-state index in [-0.39, 0.29) is 17.2 Å². The molecular formula is C22H19N3O3S. The Balaban J connectivity index is 1.93. The predicted octanol–water partition coefficient (Wildman–Crippen LogP) is 4.34. The van der Waals surface area contributed by atoms with E-state index in [4.69, 9.17) is 4.98 Å². The first kappa shape index (κ1) is 18.9. The van der Waals surface area contributed by atoms with Gasteiger partial charge >= 0.3 is 0 Å². The number of phenolic OH excluding ortho intramolecular Hbond substituents is 1. The Morgan fingerprint density at radius 3 is 2.59 bits per heavy atom. The molecule has 2 heterocycles. The van der Waals surface area contributed by atoms with Gasteiger partial charge in [-0.05, 0) is 53.8 Å². The van der Waals surface area contributed by atoms with Crippen molar-refractivity contribution < 1.29 is 9.90 Å². The molecule has 0 saturated heterocycles. The molecule has 7 heteroatoms. The Morgan fingerprint density at radius 1 is 1.17 bits per heavy atom. The molecule has 0 aliphatic rings. The Morgan fingerprint density at radius 2 is 1.93 bits per heavy atom. The van der Waals surface area contributed by atoms with Gasteiger partial charge in [-0.1, -0.05) is 13.0 Å². The van der Waals surface area contributed by atoms with Gasteiger partial charge in [0.25, 0.3) is 5.56 Å². The number of aromatic nitrogens is 2. The van der Waals surface area contributed by atoms with Crippen molar-refractivity contribution in [2.75, 3.05) is 5.32 Å². The summed E-state index contributed by atoms with van der Waals surface area (Å²) in [6, 6.07) is 14.2. The summed E-state index contributed by atoms with van der Waals surface area (Å²) in [4.78, 5) is 29.2. The highest BCUT2D eigenvalue weighted by molar-refractivity contribution is 7.17. The Labute approximate surface area is 171 Å². The quantitative estimate of drug-likeness (QED) is 0.529. The molecule has 4 rings (SSSR count). The lowest BCUT2D eigenvalue weighted by molar-refractivity contribution is -0.114. The number of fused-ring (bicyclic) bond motifs is 1. The number of nitrogens with one attached hydrogen (secondary N) is 1. The number of benzene rings is 2. The lowest BCUT2D eigenvalue weighted by Crippen LogP contribution is -2.21. The standard InChI is InChI=1S/C22H19N3O3S/c1-3-14-6-9-17(12-19(14)27)25-21(24-18-10-11-29-20(18)22(25)28)15-4-7-16(8-5-15)23-13(2)26/h4-12,27H,3H2,1-2H3,(H,23,26). The van der Waals surface area contributed by atoms with Crippen LogP contribution >= 0.6 is 11.3 Å². The summed E-state index contributed by atoms with van der Waals surface area (Å²) >= 11 is 1.34. The molecule has 0 fully saturated rings. The number of rotatable bonds is 4. The maximum Gasteiger partial charge on any atom is 0.276 e. The van der Waals surface area contributed by atoms with Crippen molar-refractivity contribution in [2.24, 2.45) is 0 Å². The molecule has 0 saturated carbocycles. The fraction of sp³-hybridized carbons (Fsp3) is 0.136. The number of anilines is 1.